The molecule has 0 aliphatic heterocycles. The highest BCUT2D eigenvalue weighted by molar-refractivity contribution is 5.68. The Morgan fingerprint density at radius 3 is 2.76 bits per heavy atom. The molecule has 90 valence electrons. The predicted octanol–water partition coefficient (Wildman–Crippen LogP) is 1.86. The van der Waals surface area contributed by atoms with Gasteiger partial charge in [0.25, 0.3) is 0 Å². The van der Waals surface area contributed by atoms with E-state index in [0.717, 1.165) is 31.4 Å². The summed E-state index contributed by atoms with van der Waals surface area (Å²) < 4.78 is 0. The van der Waals surface area contributed by atoms with Gasteiger partial charge in [0.2, 0.25) is 0 Å². The van der Waals surface area contributed by atoms with Crippen LogP contribution in [0.5, 0.6) is 0 Å². The minimum Gasteiger partial charge on any atom is -0.397 e. The van der Waals surface area contributed by atoms with Crippen molar-refractivity contribution in [1.82, 2.24) is 0 Å². The highest BCUT2D eigenvalue weighted by atomic mass is 16.3. The van der Waals surface area contributed by atoms with E-state index in [1.54, 1.807) is 18.2 Å². The predicted molar refractivity (Wildman–Crippen MR) is 67.5 cm³/mol. The fourth-order valence-electron chi connectivity index (χ4n) is 2.25. The molecule has 1 aliphatic rings. The molecule has 4 heteroatoms. The third kappa shape index (κ3) is 2.69. The maximum absolute atomic E-state index is 10.2. The van der Waals surface area contributed by atoms with Gasteiger partial charge >= 0.3 is 0 Å². The smallest absolute Gasteiger partial charge is 0.0992 e. The summed E-state index contributed by atoms with van der Waals surface area (Å²) in [5, 5.41) is 22.2. The summed E-state index contributed by atoms with van der Waals surface area (Å²) in [7, 11) is 0. The minimum atomic E-state index is -0.616. The fourth-order valence-corrected chi connectivity index (χ4v) is 2.25. The van der Waals surface area contributed by atoms with Gasteiger partial charge in [0, 0.05) is 6.54 Å². The van der Waals surface area contributed by atoms with Crippen LogP contribution in [0.2, 0.25) is 0 Å². The third-order valence-corrected chi connectivity index (χ3v) is 3.32. The number of nitrogens with one attached hydrogen (secondary N) is 1. The first-order valence-corrected chi connectivity index (χ1v) is 5.89. The summed E-state index contributed by atoms with van der Waals surface area (Å²) in [6.45, 7) is 0.492. The third-order valence-electron chi connectivity index (χ3n) is 3.32. The molecule has 0 amide bonds. The Balaban J connectivity index is 2.06. The number of anilines is 2. The van der Waals surface area contributed by atoms with Crippen LogP contribution in [0.25, 0.3) is 0 Å². The van der Waals surface area contributed by atoms with Crippen LogP contribution in [0, 0.1) is 11.3 Å². The normalized spacial score (nSPS) is 17.6. The molecule has 0 heterocycles. The van der Waals surface area contributed by atoms with E-state index in [-0.39, 0.29) is 0 Å². The summed E-state index contributed by atoms with van der Waals surface area (Å²) in [4.78, 5) is 0. The van der Waals surface area contributed by atoms with Gasteiger partial charge in [-0.2, -0.15) is 5.26 Å². The van der Waals surface area contributed by atoms with Crippen molar-refractivity contribution in [3.8, 4) is 6.07 Å². The zero-order valence-electron chi connectivity index (χ0n) is 9.74. The summed E-state index contributed by atoms with van der Waals surface area (Å²) in [6, 6.07) is 7.18. The second-order valence-corrected chi connectivity index (χ2v) is 4.70. The molecule has 4 N–H and O–H groups in total. The van der Waals surface area contributed by atoms with Gasteiger partial charge in [-0.1, -0.05) is 12.8 Å². The average molecular weight is 231 g/mol. The maximum atomic E-state index is 10.2. The van der Waals surface area contributed by atoms with E-state index < -0.39 is 5.60 Å². The summed E-state index contributed by atoms with van der Waals surface area (Å²) in [6.07, 6.45) is 3.81. The number of nitrogens with two attached hydrogens (primary N) is 1. The molecular formula is C13H17N3O. The van der Waals surface area contributed by atoms with E-state index in [0.29, 0.717) is 17.8 Å². The Morgan fingerprint density at radius 2 is 2.12 bits per heavy atom. The Morgan fingerprint density at radius 1 is 1.41 bits per heavy atom. The van der Waals surface area contributed by atoms with E-state index in [9.17, 15) is 5.11 Å². The van der Waals surface area contributed by atoms with Crippen LogP contribution in [0.1, 0.15) is 31.2 Å². The Kier molecular flexibility index (Phi) is 3.21. The quantitative estimate of drug-likeness (QED) is 0.693. The molecular weight excluding hydrogens is 214 g/mol. The molecule has 0 aromatic heterocycles. The first-order valence-electron chi connectivity index (χ1n) is 5.89. The number of hydrogen-bond donors (Lipinski definition) is 3. The zero-order chi connectivity index (χ0) is 12.3. The standard InChI is InChI=1S/C13H17N3O/c14-8-10-3-4-11(15)12(7-10)16-9-13(17)5-1-2-6-13/h3-4,7,16-17H,1-2,5-6,9,15H2. The fraction of sp³-hybridized carbons (Fsp3) is 0.462. The van der Waals surface area contributed by atoms with Crippen molar-refractivity contribution in [3.05, 3.63) is 23.8 Å². The SMILES string of the molecule is N#Cc1ccc(N)c(NCC2(O)CCCC2)c1. The van der Waals surface area contributed by atoms with Crippen LogP contribution < -0.4 is 11.1 Å². The number of hydrogen-bond acceptors (Lipinski definition) is 4. The van der Waals surface area contributed by atoms with E-state index in [2.05, 4.69) is 11.4 Å². The van der Waals surface area contributed by atoms with Crippen molar-refractivity contribution in [2.45, 2.75) is 31.3 Å². The van der Waals surface area contributed by atoms with Gasteiger partial charge in [0.1, 0.15) is 0 Å². The molecule has 0 unspecified atom stereocenters. The molecule has 1 fully saturated rings. The molecule has 0 bridgehead atoms. The van der Waals surface area contributed by atoms with E-state index >= 15 is 0 Å². The van der Waals surface area contributed by atoms with Crippen molar-refractivity contribution in [3.63, 3.8) is 0 Å². The van der Waals surface area contributed by atoms with Gasteiger partial charge in [-0.25, -0.2) is 0 Å². The van der Waals surface area contributed by atoms with Crippen LogP contribution in [-0.2, 0) is 0 Å². The molecule has 0 radical (unpaired) electrons. The summed E-state index contributed by atoms with van der Waals surface area (Å²) >= 11 is 0. The monoisotopic (exact) mass is 231 g/mol. The molecule has 0 atom stereocenters. The summed E-state index contributed by atoms with van der Waals surface area (Å²) in [5.41, 5.74) is 7.10. The van der Waals surface area contributed by atoms with Crippen molar-refractivity contribution < 1.29 is 5.11 Å². The van der Waals surface area contributed by atoms with Gasteiger partial charge in [0.15, 0.2) is 0 Å². The largest absolute Gasteiger partial charge is 0.397 e. The molecule has 1 aliphatic carbocycles. The second-order valence-electron chi connectivity index (χ2n) is 4.70. The van der Waals surface area contributed by atoms with Crippen LogP contribution in [0.3, 0.4) is 0 Å². The topological polar surface area (TPSA) is 82.1 Å². The van der Waals surface area contributed by atoms with Gasteiger partial charge in [-0.05, 0) is 31.0 Å². The number of nitrogens with zero attached hydrogens (tertiary/aromatic N) is 1. The average Bonchev–Trinajstić information content (AvgIpc) is 2.76. The van der Waals surface area contributed by atoms with Gasteiger partial charge in [-0.3, -0.25) is 0 Å². The van der Waals surface area contributed by atoms with Crippen LogP contribution in [0.4, 0.5) is 11.4 Å². The van der Waals surface area contributed by atoms with Crippen molar-refractivity contribution >= 4 is 11.4 Å². The number of nitrogen functional groups attached to an aromatic ring is 1. The number of nitriles is 1. The number of rotatable bonds is 3. The molecule has 1 aromatic carbocycles. The lowest BCUT2D eigenvalue weighted by molar-refractivity contribution is 0.0615. The molecule has 0 spiro atoms. The molecule has 0 saturated heterocycles. The first-order chi connectivity index (χ1) is 8.13. The molecule has 2 rings (SSSR count). The van der Waals surface area contributed by atoms with Crippen LogP contribution in [0.15, 0.2) is 18.2 Å². The lowest BCUT2D eigenvalue weighted by Gasteiger charge is -2.23. The highest BCUT2D eigenvalue weighted by Crippen LogP contribution is 2.30. The summed E-state index contributed by atoms with van der Waals surface area (Å²) in [5.74, 6) is 0. The van der Waals surface area contributed by atoms with Crippen LogP contribution >= 0.6 is 0 Å². The van der Waals surface area contributed by atoms with Crippen molar-refractivity contribution in [2.24, 2.45) is 0 Å². The van der Waals surface area contributed by atoms with E-state index in [4.69, 9.17) is 11.0 Å². The first kappa shape index (κ1) is 11.7. The van der Waals surface area contributed by atoms with Crippen molar-refractivity contribution in [1.29, 1.82) is 5.26 Å². The minimum absolute atomic E-state index is 0.492. The maximum Gasteiger partial charge on any atom is 0.0992 e. The second kappa shape index (κ2) is 4.64. The van der Waals surface area contributed by atoms with E-state index in [1.807, 2.05) is 0 Å². The van der Waals surface area contributed by atoms with E-state index in [1.165, 1.54) is 0 Å². The Bertz CT molecular complexity index is 444. The molecule has 1 saturated carbocycles. The molecule has 17 heavy (non-hydrogen) atoms. The number of benzene rings is 1. The number of aliphatic hydroxyl groups is 1. The Labute approximate surface area is 101 Å². The molecule has 4 nitrogen and oxygen atoms in total. The Hall–Kier alpha value is -1.73. The van der Waals surface area contributed by atoms with Gasteiger partial charge < -0.3 is 16.2 Å². The lowest BCUT2D eigenvalue weighted by atomic mass is 10.0. The van der Waals surface area contributed by atoms with Gasteiger partial charge in [-0.15, -0.1) is 0 Å². The molecule has 1 aromatic rings. The van der Waals surface area contributed by atoms with Crippen LogP contribution in [-0.4, -0.2) is 17.3 Å². The highest BCUT2D eigenvalue weighted by Gasteiger charge is 2.30. The van der Waals surface area contributed by atoms with Crippen molar-refractivity contribution in [2.75, 3.05) is 17.6 Å². The zero-order valence-corrected chi connectivity index (χ0v) is 9.74. The van der Waals surface area contributed by atoms with Gasteiger partial charge in [0.05, 0.1) is 28.6 Å². The lowest BCUT2D eigenvalue weighted by Crippen LogP contribution is -2.33.